The molecule has 32 heavy (non-hydrogen) atoms. The van der Waals surface area contributed by atoms with Crippen LogP contribution in [-0.4, -0.2) is 48.6 Å². The second-order valence-electron chi connectivity index (χ2n) is 7.47. The van der Waals surface area contributed by atoms with Crippen molar-refractivity contribution in [1.29, 1.82) is 0 Å². The third-order valence-electron chi connectivity index (χ3n) is 4.10. The Kier molecular flexibility index (Phi) is 7.33. The number of hydrogen-bond acceptors (Lipinski definition) is 6. The Morgan fingerprint density at radius 2 is 1.94 bits per heavy atom. The van der Waals surface area contributed by atoms with Crippen LogP contribution in [0.25, 0.3) is 10.9 Å². The first-order valence-electron chi connectivity index (χ1n) is 9.47. The molecule has 0 aliphatic carbocycles. The number of aromatic nitrogens is 2. The van der Waals surface area contributed by atoms with Gasteiger partial charge in [0, 0.05) is 11.5 Å². The fourth-order valence-corrected chi connectivity index (χ4v) is 3.09. The number of fused-ring (bicyclic) bond motifs is 1. The molecule has 170 valence electrons. The summed E-state index contributed by atoms with van der Waals surface area (Å²) in [6.45, 7) is -3.26. The van der Waals surface area contributed by atoms with Gasteiger partial charge in [0.15, 0.2) is 5.82 Å². The molecule has 0 radical (unpaired) electrons. The second kappa shape index (κ2) is 9.97. The van der Waals surface area contributed by atoms with Crippen LogP contribution in [0.5, 0.6) is 5.75 Å². The average molecular weight is 465 g/mol. The van der Waals surface area contributed by atoms with Gasteiger partial charge in [0.1, 0.15) is 24.5 Å². The van der Waals surface area contributed by atoms with Crippen LogP contribution in [0, 0.1) is 17.0 Å². The Hall–Kier alpha value is -3.16. The number of halogens is 3. The first-order valence-corrected chi connectivity index (χ1v) is 12.3. The summed E-state index contributed by atoms with van der Waals surface area (Å²) in [5.41, 5.74) is 7.27. The van der Waals surface area contributed by atoms with Crippen molar-refractivity contribution >= 4 is 38.1 Å². The molecule has 0 bridgehead atoms. The molecule has 0 saturated heterocycles. The van der Waals surface area contributed by atoms with E-state index in [-0.39, 0.29) is 35.9 Å². The summed E-state index contributed by atoms with van der Waals surface area (Å²) in [5.74, 6) is 3.04. The maximum absolute atomic E-state index is 15.0. The second-order valence-corrected chi connectivity index (χ2v) is 11.3. The van der Waals surface area contributed by atoms with Crippen LogP contribution in [0.4, 0.5) is 30.4 Å². The molecule has 0 atom stereocenters. The molecule has 3 rings (SSSR count). The van der Waals surface area contributed by atoms with Gasteiger partial charge >= 0.3 is 6.61 Å². The highest BCUT2D eigenvalue weighted by Crippen LogP contribution is 2.34. The first kappa shape index (κ1) is 23.5. The van der Waals surface area contributed by atoms with Crippen molar-refractivity contribution < 1.29 is 22.6 Å². The van der Waals surface area contributed by atoms with Gasteiger partial charge in [-0.25, -0.2) is 14.4 Å². The minimum absolute atomic E-state index is 0.106. The van der Waals surface area contributed by atoms with E-state index in [4.69, 9.17) is 10.5 Å². The SMILES string of the molecule is CS(C)(C)C#Cc1cccc(Nc2ncnc3cc(OCCOC(F)F)c(N)cc23)c1F. The van der Waals surface area contributed by atoms with Crippen molar-refractivity contribution in [2.75, 3.05) is 43.0 Å². The Labute approximate surface area is 185 Å². The zero-order valence-electron chi connectivity index (χ0n) is 17.8. The fourth-order valence-electron chi connectivity index (χ4n) is 2.67. The molecule has 10 heteroatoms. The van der Waals surface area contributed by atoms with Gasteiger partial charge in [0.25, 0.3) is 0 Å². The van der Waals surface area contributed by atoms with Crippen LogP contribution >= 0.6 is 10.0 Å². The fraction of sp³-hybridized carbons (Fsp3) is 0.273. The van der Waals surface area contributed by atoms with Crippen molar-refractivity contribution in [3.63, 3.8) is 0 Å². The molecular weight excluding hydrogens is 441 g/mol. The number of nitrogens with one attached hydrogen (secondary N) is 1. The van der Waals surface area contributed by atoms with Crippen LogP contribution < -0.4 is 15.8 Å². The number of nitrogens with two attached hydrogens (primary N) is 1. The molecule has 3 aromatic rings. The van der Waals surface area contributed by atoms with Crippen LogP contribution in [0.2, 0.25) is 0 Å². The quantitative estimate of drug-likeness (QED) is 0.299. The lowest BCUT2D eigenvalue weighted by molar-refractivity contribution is -0.133. The Balaban J connectivity index is 1.87. The van der Waals surface area contributed by atoms with E-state index >= 15 is 0 Å². The molecule has 0 aliphatic heterocycles. The van der Waals surface area contributed by atoms with Crippen LogP contribution in [0.1, 0.15) is 5.56 Å². The van der Waals surface area contributed by atoms with Gasteiger partial charge in [0.05, 0.1) is 29.1 Å². The van der Waals surface area contributed by atoms with Crippen molar-refractivity contribution in [2.45, 2.75) is 6.61 Å². The molecule has 0 unspecified atom stereocenters. The standard InChI is InChI=1S/C22H23F3N4O2S/c1-32(2,3)10-7-14-5-4-6-17(20(14)23)29-21-15-11-16(26)19(12-18(15)27-13-28-21)30-8-9-31-22(24)25/h4-6,11-13,22H,8-9,26H2,1-3H3,(H,27,28,29). The number of anilines is 3. The van der Waals surface area contributed by atoms with Crippen LogP contribution in [0.15, 0.2) is 36.7 Å². The van der Waals surface area contributed by atoms with Gasteiger partial charge in [-0.15, -0.1) is 0 Å². The Bertz CT molecular complexity index is 1170. The van der Waals surface area contributed by atoms with E-state index in [1.165, 1.54) is 6.33 Å². The van der Waals surface area contributed by atoms with E-state index in [2.05, 4.69) is 31.2 Å². The number of hydrogen-bond donors (Lipinski definition) is 2. The molecule has 3 N–H and O–H groups in total. The van der Waals surface area contributed by atoms with Gasteiger partial charge < -0.3 is 20.5 Å². The smallest absolute Gasteiger partial charge is 0.345 e. The maximum atomic E-state index is 15.0. The Morgan fingerprint density at radius 1 is 1.16 bits per heavy atom. The highest BCUT2D eigenvalue weighted by atomic mass is 32.3. The van der Waals surface area contributed by atoms with Gasteiger partial charge in [-0.05, 0) is 42.2 Å². The third-order valence-corrected chi connectivity index (χ3v) is 4.81. The van der Waals surface area contributed by atoms with Crippen molar-refractivity contribution in [3.8, 4) is 16.9 Å². The van der Waals surface area contributed by atoms with E-state index in [0.29, 0.717) is 16.7 Å². The number of benzene rings is 2. The van der Waals surface area contributed by atoms with E-state index in [9.17, 15) is 13.2 Å². The summed E-state index contributed by atoms with van der Waals surface area (Å²) < 4.78 is 48.7. The van der Waals surface area contributed by atoms with E-state index < -0.39 is 22.5 Å². The molecule has 0 spiro atoms. The lowest BCUT2D eigenvalue weighted by Gasteiger charge is -2.15. The van der Waals surface area contributed by atoms with Crippen LogP contribution in [-0.2, 0) is 4.74 Å². The maximum Gasteiger partial charge on any atom is 0.345 e. The number of nitrogens with zero attached hydrogens (tertiary/aromatic N) is 2. The molecular formula is C22H23F3N4O2S. The van der Waals surface area contributed by atoms with Gasteiger partial charge in [-0.3, -0.25) is 0 Å². The lowest BCUT2D eigenvalue weighted by atomic mass is 10.1. The van der Waals surface area contributed by atoms with Gasteiger partial charge in [0.2, 0.25) is 0 Å². The van der Waals surface area contributed by atoms with Gasteiger partial charge in [-0.2, -0.15) is 18.8 Å². The Morgan fingerprint density at radius 3 is 2.66 bits per heavy atom. The number of alkyl halides is 2. The summed E-state index contributed by atoms with van der Waals surface area (Å²) >= 11 is 0. The topological polar surface area (TPSA) is 82.3 Å². The summed E-state index contributed by atoms with van der Waals surface area (Å²) in [7, 11) is -1.10. The average Bonchev–Trinajstić information content (AvgIpc) is 2.71. The number of nitrogen functional groups attached to an aromatic ring is 1. The summed E-state index contributed by atoms with van der Waals surface area (Å²) in [5, 5.41) is 6.61. The minimum Gasteiger partial charge on any atom is -0.489 e. The van der Waals surface area contributed by atoms with Crippen molar-refractivity contribution in [2.24, 2.45) is 0 Å². The molecule has 6 nitrogen and oxygen atoms in total. The normalized spacial score (nSPS) is 11.8. The monoisotopic (exact) mass is 464 g/mol. The van der Waals surface area contributed by atoms with Gasteiger partial charge in [-0.1, -0.05) is 12.0 Å². The molecule has 0 saturated carbocycles. The predicted octanol–water partition coefficient (Wildman–Crippen LogP) is 4.72. The summed E-state index contributed by atoms with van der Waals surface area (Å²) in [4.78, 5) is 8.39. The number of ether oxygens (including phenoxy) is 2. The first-order chi connectivity index (χ1) is 15.1. The van der Waals surface area contributed by atoms with Crippen LogP contribution in [0.3, 0.4) is 0 Å². The zero-order valence-corrected chi connectivity index (χ0v) is 18.6. The summed E-state index contributed by atoms with van der Waals surface area (Å²) in [6, 6.07) is 8.05. The van der Waals surface area contributed by atoms with Crippen molar-refractivity contribution in [3.05, 3.63) is 48.0 Å². The van der Waals surface area contributed by atoms with Crippen molar-refractivity contribution in [1.82, 2.24) is 9.97 Å². The molecule has 0 fully saturated rings. The zero-order chi connectivity index (χ0) is 23.3. The molecule has 2 aromatic carbocycles. The lowest BCUT2D eigenvalue weighted by Crippen LogP contribution is -2.10. The largest absolute Gasteiger partial charge is 0.489 e. The van der Waals surface area contributed by atoms with E-state index in [0.717, 1.165) is 0 Å². The minimum atomic E-state index is -2.87. The molecule has 1 heterocycles. The molecule has 0 aliphatic rings. The highest BCUT2D eigenvalue weighted by Gasteiger charge is 2.13. The molecule has 1 aromatic heterocycles. The predicted molar refractivity (Wildman–Crippen MR) is 123 cm³/mol. The highest BCUT2D eigenvalue weighted by molar-refractivity contribution is 8.35. The third kappa shape index (κ3) is 6.18. The summed E-state index contributed by atoms with van der Waals surface area (Å²) in [6.07, 6.45) is 7.40. The van der Waals surface area contributed by atoms with E-state index in [1.54, 1.807) is 30.3 Å². The molecule has 0 amide bonds. The van der Waals surface area contributed by atoms with E-state index in [1.807, 2.05) is 18.8 Å². The number of rotatable bonds is 7.